The summed E-state index contributed by atoms with van der Waals surface area (Å²) >= 11 is 0. The lowest BCUT2D eigenvalue weighted by molar-refractivity contribution is 0.585. The van der Waals surface area contributed by atoms with Gasteiger partial charge in [-0.3, -0.25) is 4.79 Å². The van der Waals surface area contributed by atoms with E-state index < -0.39 is 0 Å². The Morgan fingerprint density at radius 2 is 1.86 bits per heavy atom. The van der Waals surface area contributed by atoms with Crippen LogP contribution in [-0.4, -0.2) is 36.1 Å². The minimum Gasteiger partial charge on any atom is -0.452 e. The molecule has 6 heteroatoms. The maximum atomic E-state index is 13.3. The van der Waals surface area contributed by atoms with Crippen molar-refractivity contribution in [3.63, 3.8) is 0 Å². The first kappa shape index (κ1) is 17.8. The monoisotopic (exact) mass is 386 g/mol. The summed E-state index contributed by atoms with van der Waals surface area (Å²) in [7, 11) is 0. The van der Waals surface area contributed by atoms with Gasteiger partial charge in [0.1, 0.15) is 17.0 Å². The summed E-state index contributed by atoms with van der Waals surface area (Å²) in [4.78, 5) is 24.9. The summed E-state index contributed by atoms with van der Waals surface area (Å²) < 4.78 is 6.23. The molecule has 0 amide bonds. The number of para-hydroxylation sites is 2. The predicted molar refractivity (Wildman–Crippen MR) is 115 cm³/mol. The molecule has 5 rings (SSSR count). The summed E-state index contributed by atoms with van der Waals surface area (Å²) in [5.74, 6) is 1.41. The lowest BCUT2D eigenvalue weighted by Crippen LogP contribution is -2.43. The number of hydrogen-bond acceptors (Lipinski definition) is 6. The van der Waals surface area contributed by atoms with Crippen LogP contribution in [0.1, 0.15) is 11.1 Å². The summed E-state index contributed by atoms with van der Waals surface area (Å²) in [6, 6.07) is 11.5. The predicted octanol–water partition coefficient (Wildman–Crippen LogP) is 3.38. The molecule has 1 saturated heterocycles. The zero-order chi connectivity index (χ0) is 20.0. The van der Waals surface area contributed by atoms with E-state index in [0.29, 0.717) is 22.5 Å². The SMILES string of the molecule is Cc1c2nc3ccccc3oc-2c(-c2ccnc(N3CCNCC3)c2)c(=O)c1C. The topological polar surface area (TPSA) is 71.3 Å². The molecule has 3 heterocycles. The van der Waals surface area contributed by atoms with Crippen molar-refractivity contribution in [1.29, 1.82) is 0 Å². The second kappa shape index (κ2) is 6.97. The number of fused-ring (bicyclic) bond motifs is 2. The van der Waals surface area contributed by atoms with Crippen molar-refractivity contribution in [2.75, 3.05) is 31.1 Å². The van der Waals surface area contributed by atoms with Crippen LogP contribution in [0.5, 0.6) is 0 Å². The molecular formula is C23H22N4O2. The third-order valence-electron chi connectivity index (χ3n) is 5.71. The highest BCUT2D eigenvalue weighted by atomic mass is 16.3. The second-order valence-electron chi connectivity index (χ2n) is 7.45. The summed E-state index contributed by atoms with van der Waals surface area (Å²) in [5, 5.41) is 3.35. The molecule has 29 heavy (non-hydrogen) atoms. The molecule has 2 aromatic rings. The van der Waals surface area contributed by atoms with E-state index in [-0.39, 0.29) is 5.43 Å². The van der Waals surface area contributed by atoms with Crippen molar-refractivity contribution in [1.82, 2.24) is 15.3 Å². The van der Waals surface area contributed by atoms with Gasteiger partial charge in [-0.25, -0.2) is 9.97 Å². The molecule has 0 bridgehead atoms. The van der Waals surface area contributed by atoms with E-state index >= 15 is 0 Å². The lowest BCUT2D eigenvalue weighted by Gasteiger charge is -2.28. The first-order chi connectivity index (χ1) is 14.1. The standard InChI is InChI=1S/C23H22N4O2/c1-14-15(2)22(28)20(23-21(14)26-17-5-3-4-6-18(17)29-23)16-7-8-25-19(13-16)27-11-9-24-10-12-27/h3-8,13,24H,9-12H2,1-2H3. The molecule has 0 saturated carbocycles. The van der Waals surface area contributed by atoms with Crippen LogP contribution in [0.2, 0.25) is 0 Å². The summed E-state index contributed by atoms with van der Waals surface area (Å²) in [6.07, 6.45) is 1.77. The number of nitrogens with one attached hydrogen (secondary N) is 1. The first-order valence-electron chi connectivity index (χ1n) is 9.88. The van der Waals surface area contributed by atoms with Crippen molar-refractivity contribution in [3.8, 4) is 22.6 Å². The Bertz CT molecular complexity index is 1240. The van der Waals surface area contributed by atoms with Gasteiger partial charge in [-0.1, -0.05) is 12.1 Å². The van der Waals surface area contributed by atoms with Crippen LogP contribution in [0, 0.1) is 13.8 Å². The van der Waals surface area contributed by atoms with Crippen LogP contribution in [0.4, 0.5) is 5.82 Å². The quantitative estimate of drug-likeness (QED) is 0.533. The van der Waals surface area contributed by atoms with E-state index in [2.05, 4.69) is 15.2 Å². The van der Waals surface area contributed by atoms with Gasteiger partial charge in [0.25, 0.3) is 0 Å². The Morgan fingerprint density at radius 1 is 1.07 bits per heavy atom. The smallest absolute Gasteiger partial charge is 0.193 e. The fourth-order valence-corrected chi connectivity index (χ4v) is 3.93. The van der Waals surface area contributed by atoms with Crippen molar-refractivity contribution in [2.24, 2.45) is 0 Å². The third-order valence-corrected chi connectivity index (χ3v) is 5.71. The summed E-state index contributed by atoms with van der Waals surface area (Å²) in [5.41, 5.74) is 5.09. The van der Waals surface area contributed by atoms with Crippen molar-refractivity contribution in [2.45, 2.75) is 13.8 Å². The fourth-order valence-electron chi connectivity index (χ4n) is 3.93. The molecule has 1 N–H and O–H groups in total. The van der Waals surface area contributed by atoms with Gasteiger partial charge < -0.3 is 14.6 Å². The van der Waals surface area contributed by atoms with Gasteiger partial charge >= 0.3 is 0 Å². The van der Waals surface area contributed by atoms with Crippen LogP contribution in [0.15, 0.2) is 51.8 Å². The van der Waals surface area contributed by atoms with E-state index in [0.717, 1.165) is 54.3 Å². The summed E-state index contributed by atoms with van der Waals surface area (Å²) in [6.45, 7) is 7.43. The third kappa shape index (κ3) is 2.96. The first-order valence-corrected chi connectivity index (χ1v) is 9.88. The van der Waals surface area contributed by atoms with Crippen molar-refractivity contribution < 1.29 is 4.42 Å². The molecule has 1 aromatic heterocycles. The van der Waals surface area contributed by atoms with Gasteiger partial charge in [0, 0.05) is 37.9 Å². The Labute approximate surface area is 168 Å². The van der Waals surface area contributed by atoms with Gasteiger partial charge in [0.2, 0.25) is 0 Å². The van der Waals surface area contributed by atoms with Gasteiger partial charge in [-0.05, 0) is 49.2 Å². The molecule has 1 fully saturated rings. The number of hydrogen-bond donors (Lipinski definition) is 1. The second-order valence-corrected chi connectivity index (χ2v) is 7.45. The number of aromatic nitrogens is 2. The maximum absolute atomic E-state index is 13.3. The van der Waals surface area contributed by atoms with Gasteiger partial charge in [0.15, 0.2) is 16.8 Å². The largest absolute Gasteiger partial charge is 0.452 e. The van der Waals surface area contributed by atoms with E-state index in [4.69, 9.17) is 9.40 Å². The molecule has 3 aliphatic rings. The number of pyridine rings is 1. The lowest BCUT2D eigenvalue weighted by atomic mass is 9.94. The van der Waals surface area contributed by atoms with Crippen LogP contribution >= 0.6 is 0 Å². The Balaban J connectivity index is 1.76. The molecule has 0 radical (unpaired) electrons. The van der Waals surface area contributed by atoms with Crippen LogP contribution < -0.4 is 15.6 Å². The molecule has 1 aromatic carbocycles. The normalized spacial score (nSPS) is 14.6. The number of nitrogens with zero attached hydrogens (tertiary/aromatic N) is 3. The van der Waals surface area contributed by atoms with E-state index in [1.54, 1.807) is 6.20 Å². The Morgan fingerprint density at radius 3 is 2.69 bits per heavy atom. The van der Waals surface area contributed by atoms with Crippen LogP contribution in [0.25, 0.3) is 33.7 Å². The van der Waals surface area contributed by atoms with E-state index in [1.807, 2.05) is 50.2 Å². The molecule has 2 aliphatic heterocycles. The molecule has 1 aliphatic carbocycles. The minimum absolute atomic E-state index is 0.0201. The molecule has 0 spiro atoms. The molecule has 6 nitrogen and oxygen atoms in total. The highest BCUT2D eigenvalue weighted by molar-refractivity contribution is 5.86. The van der Waals surface area contributed by atoms with Crippen LogP contribution in [-0.2, 0) is 0 Å². The van der Waals surface area contributed by atoms with Crippen molar-refractivity contribution in [3.05, 3.63) is 63.9 Å². The maximum Gasteiger partial charge on any atom is 0.193 e. The zero-order valence-corrected chi connectivity index (χ0v) is 16.5. The Hall–Kier alpha value is -3.25. The average molecular weight is 386 g/mol. The molecule has 0 unspecified atom stereocenters. The highest BCUT2D eigenvalue weighted by Crippen LogP contribution is 2.36. The van der Waals surface area contributed by atoms with Gasteiger partial charge in [-0.2, -0.15) is 0 Å². The van der Waals surface area contributed by atoms with Gasteiger partial charge in [-0.15, -0.1) is 0 Å². The Kier molecular flexibility index (Phi) is 4.28. The molecule has 0 atom stereocenters. The number of piperazine rings is 1. The van der Waals surface area contributed by atoms with E-state index in [1.165, 1.54) is 0 Å². The fraction of sp³-hybridized carbons (Fsp3) is 0.261. The minimum atomic E-state index is -0.0201. The molecule has 146 valence electrons. The zero-order valence-electron chi connectivity index (χ0n) is 16.5. The highest BCUT2D eigenvalue weighted by Gasteiger charge is 2.24. The van der Waals surface area contributed by atoms with Crippen molar-refractivity contribution >= 4 is 16.9 Å². The molecular weight excluding hydrogens is 364 g/mol. The van der Waals surface area contributed by atoms with E-state index in [9.17, 15) is 4.79 Å². The number of rotatable bonds is 2. The number of anilines is 1. The number of benzene rings is 2. The van der Waals surface area contributed by atoms with Gasteiger partial charge in [0.05, 0.1) is 5.56 Å². The average Bonchev–Trinajstić information content (AvgIpc) is 2.78. The van der Waals surface area contributed by atoms with Crippen LogP contribution in [0.3, 0.4) is 0 Å².